The molecule has 0 saturated heterocycles. The van der Waals surface area contributed by atoms with Crippen molar-refractivity contribution in [1.82, 2.24) is 0 Å². The molecule has 1 aliphatic rings. The molecule has 0 atom stereocenters. The maximum atomic E-state index is 13.3. The quantitative estimate of drug-likeness (QED) is 0.843. The van der Waals surface area contributed by atoms with Gasteiger partial charge in [-0.3, -0.25) is 0 Å². The molecule has 0 fully saturated rings. The van der Waals surface area contributed by atoms with Gasteiger partial charge in [0.1, 0.15) is 11.6 Å². The van der Waals surface area contributed by atoms with Gasteiger partial charge in [-0.05, 0) is 30.7 Å². The second-order valence-electron chi connectivity index (χ2n) is 4.26. The van der Waals surface area contributed by atoms with Crippen molar-refractivity contribution in [2.75, 3.05) is 12.5 Å². The monoisotopic (exact) mass is 261 g/mol. The van der Waals surface area contributed by atoms with Gasteiger partial charge in [0.15, 0.2) is 17.2 Å². The van der Waals surface area contributed by atoms with Crippen LogP contribution in [0.25, 0.3) is 0 Å². The van der Waals surface area contributed by atoms with Crippen LogP contribution in [0.1, 0.15) is 5.56 Å². The number of hydrogen-bond donors (Lipinski definition) is 1. The lowest BCUT2D eigenvalue weighted by Gasteiger charge is -2.10. The lowest BCUT2D eigenvalue weighted by Crippen LogP contribution is -1.95. The van der Waals surface area contributed by atoms with Crippen molar-refractivity contribution < 1.29 is 18.6 Å². The second-order valence-corrected chi connectivity index (χ2v) is 4.26. The third-order valence-electron chi connectivity index (χ3n) is 2.86. The molecule has 98 valence electrons. The number of anilines is 1. The molecule has 1 heterocycles. The summed E-state index contributed by atoms with van der Waals surface area (Å²) in [5, 5.41) is 0. The fourth-order valence-electron chi connectivity index (χ4n) is 1.83. The molecule has 0 aliphatic carbocycles. The second kappa shape index (κ2) is 4.35. The van der Waals surface area contributed by atoms with Crippen LogP contribution in [0.5, 0.6) is 23.0 Å². The molecule has 5 heteroatoms. The summed E-state index contributed by atoms with van der Waals surface area (Å²) in [5.41, 5.74) is 6.46. The van der Waals surface area contributed by atoms with Crippen LogP contribution in [0.15, 0.2) is 30.3 Å². The molecule has 2 aromatic rings. The molecule has 0 spiro atoms. The van der Waals surface area contributed by atoms with Crippen molar-refractivity contribution in [3.8, 4) is 23.0 Å². The van der Waals surface area contributed by atoms with Gasteiger partial charge in [0.25, 0.3) is 0 Å². The topological polar surface area (TPSA) is 53.7 Å². The van der Waals surface area contributed by atoms with E-state index in [1.807, 2.05) is 0 Å². The van der Waals surface area contributed by atoms with Crippen LogP contribution in [-0.4, -0.2) is 6.79 Å². The predicted molar refractivity (Wildman–Crippen MR) is 68.2 cm³/mol. The molecule has 0 saturated carbocycles. The third kappa shape index (κ3) is 2.14. The molecule has 4 nitrogen and oxygen atoms in total. The van der Waals surface area contributed by atoms with E-state index in [-0.39, 0.29) is 18.3 Å². The van der Waals surface area contributed by atoms with Gasteiger partial charge in [-0.15, -0.1) is 0 Å². The minimum Gasteiger partial charge on any atom is -0.455 e. The van der Waals surface area contributed by atoms with Crippen molar-refractivity contribution >= 4 is 5.69 Å². The maximum Gasteiger partial charge on any atom is 0.231 e. The highest BCUT2D eigenvalue weighted by Crippen LogP contribution is 2.37. The van der Waals surface area contributed by atoms with E-state index in [4.69, 9.17) is 19.9 Å². The van der Waals surface area contributed by atoms with Gasteiger partial charge in [-0.1, -0.05) is 0 Å². The Bertz CT molecular complexity index is 643. The highest BCUT2D eigenvalue weighted by Gasteiger charge is 2.15. The zero-order chi connectivity index (χ0) is 13.4. The van der Waals surface area contributed by atoms with Gasteiger partial charge in [-0.2, -0.15) is 0 Å². The standard InChI is InChI=1S/C14H12FNO3/c1-8-4-13(11(16)6-10(8)15)19-9-2-3-12-14(5-9)18-7-17-12/h2-6H,7,16H2,1H3. The van der Waals surface area contributed by atoms with Gasteiger partial charge in [0.2, 0.25) is 6.79 Å². The Morgan fingerprint density at radius 3 is 2.79 bits per heavy atom. The summed E-state index contributed by atoms with van der Waals surface area (Å²) in [6, 6.07) is 8.02. The first kappa shape index (κ1) is 11.6. The van der Waals surface area contributed by atoms with Crippen molar-refractivity contribution in [2.24, 2.45) is 0 Å². The number of nitrogens with two attached hydrogens (primary N) is 1. The molecule has 2 aromatic carbocycles. The summed E-state index contributed by atoms with van der Waals surface area (Å²) in [6.45, 7) is 1.86. The Kier molecular flexibility index (Phi) is 2.67. The van der Waals surface area contributed by atoms with Gasteiger partial charge in [0.05, 0.1) is 5.69 Å². The fraction of sp³-hybridized carbons (Fsp3) is 0.143. The van der Waals surface area contributed by atoms with Crippen molar-refractivity contribution in [3.05, 3.63) is 41.7 Å². The number of nitrogen functional groups attached to an aromatic ring is 1. The molecule has 3 rings (SSSR count). The Hall–Kier alpha value is -2.43. The van der Waals surface area contributed by atoms with Crippen LogP contribution < -0.4 is 19.9 Å². The zero-order valence-corrected chi connectivity index (χ0v) is 10.3. The molecular weight excluding hydrogens is 249 g/mol. The van der Waals surface area contributed by atoms with Crippen LogP contribution in [0.2, 0.25) is 0 Å². The molecule has 0 radical (unpaired) electrons. The number of hydrogen-bond acceptors (Lipinski definition) is 4. The van der Waals surface area contributed by atoms with E-state index in [0.29, 0.717) is 28.6 Å². The van der Waals surface area contributed by atoms with E-state index < -0.39 is 0 Å². The van der Waals surface area contributed by atoms with Gasteiger partial charge in [-0.25, -0.2) is 4.39 Å². The van der Waals surface area contributed by atoms with Crippen molar-refractivity contribution in [1.29, 1.82) is 0 Å². The first-order chi connectivity index (χ1) is 9.13. The van der Waals surface area contributed by atoms with Crippen LogP contribution in [0, 0.1) is 12.7 Å². The number of ether oxygens (including phenoxy) is 3. The van der Waals surface area contributed by atoms with E-state index in [1.54, 1.807) is 31.2 Å². The van der Waals surface area contributed by atoms with E-state index in [2.05, 4.69) is 0 Å². The normalized spacial score (nSPS) is 12.5. The van der Waals surface area contributed by atoms with Gasteiger partial charge >= 0.3 is 0 Å². The largest absolute Gasteiger partial charge is 0.455 e. The number of aryl methyl sites for hydroxylation is 1. The van der Waals surface area contributed by atoms with Crippen molar-refractivity contribution in [2.45, 2.75) is 6.92 Å². The SMILES string of the molecule is Cc1cc(Oc2ccc3c(c2)OCO3)c(N)cc1F. The molecule has 1 aliphatic heterocycles. The van der Waals surface area contributed by atoms with Crippen molar-refractivity contribution in [3.63, 3.8) is 0 Å². The van der Waals surface area contributed by atoms with E-state index in [0.717, 1.165) is 0 Å². The summed E-state index contributed by atoms with van der Waals surface area (Å²) in [5.74, 6) is 1.92. The Balaban J connectivity index is 1.91. The summed E-state index contributed by atoms with van der Waals surface area (Å²) in [6.07, 6.45) is 0. The molecule has 0 unspecified atom stereocenters. The minimum atomic E-state index is -0.351. The molecular formula is C14H12FNO3. The van der Waals surface area contributed by atoms with E-state index in [9.17, 15) is 4.39 Å². The number of fused-ring (bicyclic) bond motifs is 1. The third-order valence-corrected chi connectivity index (χ3v) is 2.86. The number of benzene rings is 2. The molecule has 0 bridgehead atoms. The Morgan fingerprint density at radius 1 is 1.16 bits per heavy atom. The van der Waals surface area contributed by atoms with Gasteiger partial charge in [0, 0.05) is 12.1 Å². The smallest absolute Gasteiger partial charge is 0.231 e. The van der Waals surface area contributed by atoms with Gasteiger partial charge < -0.3 is 19.9 Å². The van der Waals surface area contributed by atoms with E-state index in [1.165, 1.54) is 6.07 Å². The summed E-state index contributed by atoms with van der Waals surface area (Å²) >= 11 is 0. The van der Waals surface area contributed by atoms with Crippen LogP contribution >= 0.6 is 0 Å². The average molecular weight is 261 g/mol. The predicted octanol–water partition coefficient (Wildman–Crippen LogP) is 3.24. The van der Waals surface area contributed by atoms with Crippen LogP contribution in [0.3, 0.4) is 0 Å². The molecule has 0 amide bonds. The Labute approximate surface area is 109 Å². The molecule has 2 N–H and O–H groups in total. The minimum absolute atomic E-state index is 0.205. The zero-order valence-electron chi connectivity index (χ0n) is 10.3. The summed E-state index contributed by atoms with van der Waals surface area (Å²) < 4.78 is 29.4. The van der Waals surface area contributed by atoms with Crippen LogP contribution in [0.4, 0.5) is 10.1 Å². The lowest BCUT2D eigenvalue weighted by atomic mass is 10.2. The molecule has 0 aromatic heterocycles. The number of rotatable bonds is 2. The van der Waals surface area contributed by atoms with E-state index >= 15 is 0 Å². The Morgan fingerprint density at radius 2 is 1.95 bits per heavy atom. The average Bonchev–Trinajstić information content (AvgIpc) is 2.83. The lowest BCUT2D eigenvalue weighted by molar-refractivity contribution is 0.174. The first-order valence-electron chi connectivity index (χ1n) is 5.76. The highest BCUT2D eigenvalue weighted by molar-refractivity contribution is 5.57. The van der Waals surface area contributed by atoms with Crippen LogP contribution in [-0.2, 0) is 0 Å². The summed E-state index contributed by atoms with van der Waals surface area (Å²) in [4.78, 5) is 0. The highest BCUT2D eigenvalue weighted by atomic mass is 19.1. The first-order valence-corrected chi connectivity index (χ1v) is 5.76. The maximum absolute atomic E-state index is 13.3. The fourth-order valence-corrected chi connectivity index (χ4v) is 1.83. The summed E-state index contributed by atoms with van der Waals surface area (Å²) in [7, 11) is 0. The molecule has 19 heavy (non-hydrogen) atoms. The number of halogens is 1.